The molecule has 4 rings (SSSR count). The topological polar surface area (TPSA) is 111 Å². The minimum absolute atomic E-state index is 0.157. The van der Waals surface area contributed by atoms with Crippen LogP contribution in [0, 0.1) is 0 Å². The molecule has 2 aromatic carbocycles. The number of nitrogens with one attached hydrogen (secondary N) is 2. The fourth-order valence-electron chi connectivity index (χ4n) is 2.93. The van der Waals surface area contributed by atoms with Crippen LogP contribution in [-0.4, -0.2) is 30.0 Å². The van der Waals surface area contributed by atoms with E-state index in [0.29, 0.717) is 12.8 Å². The van der Waals surface area contributed by atoms with E-state index in [0.717, 1.165) is 11.1 Å². The molecule has 8 nitrogen and oxygen atoms in total. The first kappa shape index (κ1) is 20.9. The summed E-state index contributed by atoms with van der Waals surface area (Å²) in [5.74, 6) is 0. The van der Waals surface area contributed by atoms with Crippen LogP contribution in [0.15, 0.2) is 60.7 Å². The maximum absolute atomic E-state index is 11.1. The zero-order valence-electron chi connectivity index (χ0n) is 15.0. The first-order valence-corrected chi connectivity index (χ1v) is 11.6. The number of rotatable bonds is 2. The van der Waals surface area contributed by atoms with Crippen LogP contribution in [0.3, 0.4) is 0 Å². The summed E-state index contributed by atoms with van der Waals surface area (Å²) in [5.41, 5.74) is 1.94. The Morgan fingerprint density at radius 2 is 1.00 bits per heavy atom. The van der Waals surface area contributed by atoms with Gasteiger partial charge in [0.05, 0.1) is 25.3 Å². The minimum atomic E-state index is -3.53. The largest absolute Gasteiger partial charge is 0.336 e. The molecule has 0 spiro atoms. The van der Waals surface area contributed by atoms with E-state index in [1.54, 1.807) is 0 Å². The Bertz CT molecular complexity index is 884. The van der Waals surface area contributed by atoms with E-state index in [1.807, 2.05) is 60.7 Å². The molecule has 2 aliphatic rings. The van der Waals surface area contributed by atoms with Crippen molar-refractivity contribution in [3.05, 3.63) is 71.8 Å². The maximum atomic E-state index is 11.1. The molecule has 28 heavy (non-hydrogen) atoms. The van der Waals surface area contributed by atoms with E-state index in [4.69, 9.17) is 0 Å². The second-order valence-electron chi connectivity index (χ2n) is 6.29. The van der Waals surface area contributed by atoms with Crippen molar-refractivity contribution in [3.8, 4) is 0 Å². The second-order valence-corrected chi connectivity index (χ2v) is 9.05. The summed E-state index contributed by atoms with van der Waals surface area (Å²) in [4.78, 5) is 0. The molecule has 0 unspecified atom stereocenters. The van der Waals surface area contributed by atoms with Gasteiger partial charge in [0.15, 0.2) is 0 Å². The maximum Gasteiger partial charge on any atom is 0.336 e. The minimum Gasteiger partial charge on any atom is -0.258 e. The van der Waals surface area contributed by atoms with Crippen LogP contribution >= 0.6 is 0 Å². The third-order valence-electron chi connectivity index (χ3n) is 4.27. The van der Waals surface area contributed by atoms with Crippen LogP contribution in [-0.2, 0) is 29.0 Å². The van der Waals surface area contributed by atoms with Gasteiger partial charge in [-0.1, -0.05) is 60.7 Å². The molecule has 2 aromatic rings. The molecule has 0 aromatic heterocycles. The van der Waals surface area contributed by atoms with Crippen molar-refractivity contribution < 1.29 is 25.2 Å². The van der Waals surface area contributed by atoms with E-state index >= 15 is 0 Å². The lowest BCUT2D eigenvalue weighted by atomic mass is 10.1. The predicted octanol–water partition coefficient (Wildman–Crippen LogP) is 1.96. The van der Waals surface area contributed by atoms with Crippen LogP contribution in [0.1, 0.15) is 36.1 Å². The summed E-state index contributed by atoms with van der Waals surface area (Å²) < 4.78 is 58.5. The highest BCUT2D eigenvalue weighted by Gasteiger charge is 2.26. The summed E-state index contributed by atoms with van der Waals surface area (Å²) in [6, 6.07) is 18.6. The Hall–Kier alpha value is -1.82. The van der Waals surface area contributed by atoms with Gasteiger partial charge in [-0.25, -0.2) is 0 Å². The molecule has 2 fully saturated rings. The number of benzene rings is 2. The van der Waals surface area contributed by atoms with E-state index < -0.39 is 20.6 Å². The van der Waals surface area contributed by atoms with Gasteiger partial charge in [-0.15, -0.1) is 0 Å². The lowest BCUT2D eigenvalue weighted by Crippen LogP contribution is -2.36. The van der Waals surface area contributed by atoms with Gasteiger partial charge in [-0.3, -0.25) is 8.37 Å². The summed E-state index contributed by atoms with van der Waals surface area (Å²) in [5, 5.41) is 0. The molecule has 0 amide bonds. The molecule has 2 atom stereocenters. The van der Waals surface area contributed by atoms with Crippen molar-refractivity contribution in [2.24, 2.45) is 0 Å². The van der Waals surface area contributed by atoms with Crippen LogP contribution in [0.5, 0.6) is 0 Å². The first-order valence-electron chi connectivity index (χ1n) is 8.78. The summed E-state index contributed by atoms with van der Waals surface area (Å²) in [6.45, 7) is 0.490. The van der Waals surface area contributed by atoms with E-state index in [2.05, 4.69) is 17.8 Å². The summed E-state index contributed by atoms with van der Waals surface area (Å²) in [6.07, 6.45) is 1.34. The highest BCUT2D eigenvalue weighted by Crippen LogP contribution is 2.22. The Morgan fingerprint density at radius 1 is 0.643 bits per heavy atom. The number of hydrogen-bond acceptors (Lipinski definition) is 6. The van der Waals surface area contributed by atoms with Crippen molar-refractivity contribution in [1.29, 1.82) is 0 Å². The van der Waals surface area contributed by atoms with Gasteiger partial charge >= 0.3 is 20.6 Å². The SMILES string of the molecule is O=S1(=O)N[C@@H](c2ccccc2)CCO1.O=S1(=O)N[C@@H](c2ccccc2)CCO1. The third kappa shape index (κ3) is 6.09. The molecule has 2 aliphatic heterocycles. The van der Waals surface area contributed by atoms with Crippen molar-refractivity contribution >= 4 is 20.6 Å². The molecule has 0 bridgehead atoms. The Balaban J connectivity index is 0.000000161. The standard InChI is InChI=1S/2C9H11NO3S/c2*11-14(12)10-9(6-7-13-14)8-4-2-1-3-5-8/h2*1-5,9-10H,6-7H2/t2*9-/m11/s1. The second kappa shape index (κ2) is 9.12. The van der Waals surface area contributed by atoms with Gasteiger partial charge in [-0.2, -0.15) is 26.3 Å². The van der Waals surface area contributed by atoms with Gasteiger partial charge in [0, 0.05) is 0 Å². The average Bonchev–Trinajstić information content (AvgIpc) is 2.68. The van der Waals surface area contributed by atoms with Crippen molar-refractivity contribution in [2.45, 2.75) is 24.9 Å². The lowest BCUT2D eigenvalue weighted by molar-refractivity contribution is 0.257. The Morgan fingerprint density at radius 3 is 1.32 bits per heavy atom. The zero-order chi connectivity index (χ0) is 20.0. The fourth-order valence-corrected chi connectivity index (χ4v) is 4.90. The monoisotopic (exact) mass is 426 g/mol. The van der Waals surface area contributed by atoms with Crippen molar-refractivity contribution in [3.63, 3.8) is 0 Å². The summed E-state index contributed by atoms with van der Waals surface area (Å²) in [7, 11) is -7.06. The van der Waals surface area contributed by atoms with E-state index in [9.17, 15) is 16.8 Å². The van der Waals surface area contributed by atoms with Crippen LogP contribution in [0.4, 0.5) is 0 Å². The molecule has 2 heterocycles. The molecule has 152 valence electrons. The van der Waals surface area contributed by atoms with Crippen LogP contribution in [0.2, 0.25) is 0 Å². The first-order chi connectivity index (χ1) is 13.3. The smallest absolute Gasteiger partial charge is 0.258 e. The van der Waals surface area contributed by atoms with Gasteiger partial charge in [0.1, 0.15) is 0 Å². The van der Waals surface area contributed by atoms with E-state index in [1.165, 1.54) is 0 Å². The lowest BCUT2D eigenvalue weighted by Gasteiger charge is -2.23. The molecule has 2 N–H and O–H groups in total. The zero-order valence-corrected chi connectivity index (χ0v) is 16.7. The normalized spacial score (nSPS) is 25.9. The Labute approximate surface area is 165 Å². The van der Waals surface area contributed by atoms with Crippen molar-refractivity contribution in [1.82, 2.24) is 9.44 Å². The molecular weight excluding hydrogens is 404 g/mol. The Kier molecular flexibility index (Phi) is 6.81. The molecule has 0 aliphatic carbocycles. The van der Waals surface area contributed by atoms with Crippen molar-refractivity contribution in [2.75, 3.05) is 13.2 Å². The van der Waals surface area contributed by atoms with Gasteiger partial charge < -0.3 is 0 Å². The highest BCUT2D eigenvalue weighted by atomic mass is 32.2. The van der Waals surface area contributed by atoms with Gasteiger partial charge in [0.25, 0.3) is 0 Å². The predicted molar refractivity (Wildman–Crippen MR) is 104 cm³/mol. The molecule has 0 radical (unpaired) electrons. The molecule has 10 heteroatoms. The van der Waals surface area contributed by atoms with Gasteiger partial charge in [0.2, 0.25) is 0 Å². The summed E-state index contributed by atoms with van der Waals surface area (Å²) >= 11 is 0. The number of hydrogen-bond donors (Lipinski definition) is 2. The molecular formula is C18H22N2O6S2. The van der Waals surface area contributed by atoms with E-state index in [-0.39, 0.29) is 25.3 Å². The highest BCUT2D eigenvalue weighted by molar-refractivity contribution is 7.85. The quantitative estimate of drug-likeness (QED) is 0.760. The molecule has 0 saturated carbocycles. The third-order valence-corrected chi connectivity index (χ3v) is 6.37. The molecule has 2 saturated heterocycles. The van der Waals surface area contributed by atoms with Gasteiger partial charge in [-0.05, 0) is 24.0 Å². The average molecular weight is 427 g/mol. The fraction of sp³-hybridized carbons (Fsp3) is 0.333. The van der Waals surface area contributed by atoms with Crippen LogP contribution < -0.4 is 9.44 Å². The van der Waals surface area contributed by atoms with Crippen LogP contribution in [0.25, 0.3) is 0 Å².